The number of anilines is 1. The molecule has 0 aliphatic rings. The van der Waals surface area contributed by atoms with Gasteiger partial charge in [0.15, 0.2) is 0 Å². The summed E-state index contributed by atoms with van der Waals surface area (Å²) in [5.41, 5.74) is 0.957. The van der Waals surface area contributed by atoms with E-state index >= 15 is 0 Å². The highest BCUT2D eigenvalue weighted by molar-refractivity contribution is 7.12. The quantitative estimate of drug-likeness (QED) is 0.379. The second-order valence-corrected chi connectivity index (χ2v) is 5.61. The maximum Gasteiger partial charge on any atom is 0.144 e. The van der Waals surface area contributed by atoms with Gasteiger partial charge in [0.1, 0.15) is 17.6 Å². The Labute approximate surface area is 128 Å². The first-order valence-electron chi connectivity index (χ1n) is 6.37. The fourth-order valence-corrected chi connectivity index (χ4v) is 2.49. The first-order valence-corrected chi connectivity index (χ1v) is 7.78. The molecular weight excluding hydrogens is 292 g/mol. The van der Waals surface area contributed by atoms with Crippen LogP contribution < -0.4 is 10.1 Å². The number of amidine groups is 1. The molecular formula is C15H17ClN2OS. The van der Waals surface area contributed by atoms with Crippen LogP contribution in [0, 0.1) is 0 Å². The second-order valence-electron chi connectivity index (χ2n) is 4.42. The van der Waals surface area contributed by atoms with Crippen molar-refractivity contribution in [3.63, 3.8) is 0 Å². The van der Waals surface area contributed by atoms with E-state index in [0.29, 0.717) is 0 Å². The molecule has 106 valence electrons. The lowest BCUT2D eigenvalue weighted by molar-refractivity contribution is 0.242. The summed E-state index contributed by atoms with van der Waals surface area (Å²) in [6.45, 7) is 4.02. The van der Waals surface area contributed by atoms with E-state index < -0.39 is 0 Å². The van der Waals surface area contributed by atoms with E-state index in [1.54, 1.807) is 11.3 Å². The molecule has 0 atom stereocenters. The van der Waals surface area contributed by atoms with Gasteiger partial charge in [0.25, 0.3) is 0 Å². The molecule has 2 rings (SSSR count). The summed E-state index contributed by atoms with van der Waals surface area (Å²) >= 11 is 7.34. The van der Waals surface area contributed by atoms with Crippen molar-refractivity contribution in [2.24, 2.45) is 4.99 Å². The number of nitrogens with one attached hydrogen (secondary N) is 1. The molecule has 0 saturated carbocycles. The maximum atomic E-state index is 5.72. The Morgan fingerprint density at radius 3 is 2.60 bits per heavy atom. The molecule has 2 aromatic rings. The minimum Gasteiger partial charge on any atom is -0.491 e. The Balaban J connectivity index is 2.10. The van der Waals surface area contributed by atoms with Crippen LogP contribution in [0.15, 0.2) is 46.8 Å². The van der Waals surface area contributed by atoms with Crippen molar-refractivity contribution in [1.82, 2.24) is 0 Å². The molecule has 1 aromatic heterocycles. The van der Waals surface area contributed by atoms with Gasteiger partial charge in [-0.2, -0.15) is 0 Å². The van der Waals surface area contributed by atoms with E-state index in [-0.39, 0.29) is 12.1 Å². The topological polar surface area (TPSA) is 33.6 Å². The number of nitrogens with zero attached hydrogens (tertiary/aromatic N) is 1. The van der Waals surface area contributed by atoms with E-state index in [4.69, 9.17) is 16.3 Å². The summed E-state index contributed by atoms with van der Waals surface area (Å²) in [5, 5.41) is 5.30. The van der Waals surface area contributed by atoms with Gasteiger partial charge in [0.05, 0.1) is 11.0 Å². The van der Waals surface area contributed by atoms with E-state index in [0.717, 1.165) is 22.1 Å². The zero-order valence-corrected chi connectivity index (χ0v) is 13.0. The summed E-state index contributed by atoms with van der Waals surface area (Å²) in [6.07, 6.45) is 0.174. The third-order valence-corrected chi connectivity index (χ3v) is 3.46. The van der Waals surface area contributed by atoms with Gasteiger partial charge in [-0.15, -0.1) is 22.9 Å². The molecule has 20 heavy (non-hydrogen) atoms. The number of hydrogen-bond acceptors (Lipinski definition) is 3. The number of rotatable bonds is 5. The van der Waals surface area contributed by atoms with Crippen molar-refractivity contribution in [2.75, 3.05) is 11.3 Å². The maximum absolute atomic E-state index is 5.72. The molecule has 1 heterocycles. The molecule has 1 N–H and O–H groups in total. The summed E-state index contributed by atoms with van der Waals surface area (Å²) in [7, 11) is 0. The molecule has 0 amide bonds. The van der Waals surface area contributed by atoms with E-state index in [9.17, 15) is 0 Å². The highest BCUT2D eigenvalue weighted by Gasteiger charge is 2.05. The van der Waals surface area contributed by atoms with Crippen LogP contribution in [-0.4, -0.2) is 17.9 Å². The van der Waals surface area contributed by atoms with Crippen molar-refractivity contribution in [3.8, 4) is 5.75 Å². The highest BCUT2D eigenvalue weighted by Crippen LogP contribution is 2.19. The Bertz CT molecular complexity index is 550. The van der Waals surface area contributed by atoms with Crippen molar-refractivity contribution >= 4 is 34.5 Å². The summed E-state index contributed by atoms with van der Waals surface area (Å²) in [6, 6.07) is 12.0. The van der Waals surface area contributed by atoms with Gasteiger partial charge < -0.3 is 10.1 Å². The number of aliphatic imine (C=N–C) groups is 1. The van der Waals surface area contributed by atoms with Crippen LogP contribution in [0.25, 0.3) is 0 Å². The Kier molecular flexibility index (Phi) is 5.44. The number of thiophene rings is 1. The zero-order chi connectivity index (χ0) is 14.4. The van der Waals surface area contributed by atoms with Gasteiger partial charge >= 0.3 is 0 Å². The van der Waals surface area contributed by atoms with Crippen molar-refractivity contribution in [1.29, 1.82) is 0 Å². The first-order chi connectivity index (χ1) is 9.69. The minimum atomic E-state index is 0.174. The summed E-state index contributed by atoms with van der Waals surface area (Å²) in [4.78, 5) is 5.35. The van der Waals surface area contributed by atoms with E-state index in [1.165, 1.54) is 0 Å². The molecule has 0 aliphatic carbocycles. The van der Waals surface area contributed by atoms with Gasteiger partial charge in [0.2, 0.25) is 0 Å². The smallest absolute Gasteiger partial charge is 0.144 e. The average Bonchev–Trinajstić information content (AvgIpc) is 2.94. The fourth-order valence-electron chi connectivity index (χ4n) is 1.68. The van der Waals surface area contributed by atoms with Crippen LogP contribution in [0.5, 0.6) is 5.75 Å². The van der Waals surface area contributed by atoms with Crippen LogP contribution in [-0.2, 0) is 0 Å². The third-order valence-electron chi connectivity index (χ3n) is 2.46. The van der Waals surface area contributed by atoms with E-state index in [2.05, 4.69) is 10.3 Å². The molecule has 0 spiro atoms. The van der Waals surface area contributed by atoms with Gasteiger partial charge in [0, 0.05) is 5.69 Å². The number of alkyl halides is 1. The molecule has 3 nitrogen and oxygen atoms in total. The van der Waals surface area contributed by atoms with Crippen LogP contribution in [0.1, 0.15) is 18.7 Å². The number of ether oxygens (including phenoxy) is 1. The van der Waals surface area contributed by atoms with Crippen molar-refractivity contribution in [3.05, 3.63) is 46.7 Å². The van der Waals surface area contributed by atoms with Gasteiger partial charge in [-0.3, -0.25) is 4.99 Å². The zero-order valence-electron chi connectivity index (χ0n) is 11.5. The van der Waals surface area contributed by atoms with Crippen LogP contribution in [0.2, 0.25) is 0 Å². The first kappa shape index (κ1) is 14.9. The SMILES string of the molecule is CC(C)Oc1ccc(NC(=NCCl)c2cccs2)cc1. The standard InChI is InChI=1S/C15H17ClN2OS/c1-11(2)19-13-7-5-12(6-8-13)18-15(17-10-16)14-4-3-9-20-14/h3-9,11H,10H2,1-2H3,(H,17,18). The molecule has 0 aliphatic heterocycles. The lowest BCUT2D eigenvalue weighted by Crippen LogP contribution is -2.12. The Morgan fingerprint density at radius 1 is 1.30 bits per heavy atom. The van der Waals surface area contributed by atoms with Gasteiger partial charge in [-0.05, 0) is 49.6 Å². The van der Waals surface area contributed by atoms with Crippen LogP contribution >= 0.6 is 22.9 Å². The normalized spacial score (nSPS) is 11.7. The molecule has 0 saturated heterocycles. The Morgan fingerprint density at radius 2 is 2.05 bits per heavy atom. The molecule has 0 radical (unpaired) electrons. The predicted molar refractivity (Wildman–Crippen MR) is 87.4 cm³/mol. The van der Waals surface area contributed by atoms with E-state index in [1.807, 2.05) is 55.6 Å². The summed E-state index contributed by atoms with van der Waals surface area (Å²) < 4.78 is 5.62. The highest BCUT2D eigenvalue weighted by atomic mass is 35.5. The van der Waals surface area contributed by atoms with Gasteiger partial charge in [-0.1, -0.05) is 6.07 Å². The predicted octanol–water partition coefficient (Wildman–Crippen LogP) is 4.59. The molecule has 0 unspecified atom stereocenters. The lowest BCUT2D eigenvalue weighted by atomic mass is 10.3. The van der Waals surface area contributed by atoms with Gasteiger partial charge in [-0.25, -0.2) is 0 Å². The monoisotopic (exact) mass is 308 g/mol. The lowest BCUT2D eigenvalue weighted by Gasteiger charge is -2.11. The van der Waals surface area contributed by atoms with Crippen LogP contribution in [0.3, 0.4) is 0 Å². The molecule has 0 bridgehead atoms. The fraction of sp³-hybridized carbons (Fsp3) is 0.267. The van der Waals surface area contributed by atoms with Crippen molar-refractivity contribution < 1.29 is 4.74 Å². The molecule has 5 heteroatoms. The largest absolute Gasteiger partial charge is 0.491 e. The summed E-state index contributed by atoms with van der Waals surface area (Å²) in [5.74, 6) is 1.64. The average molecular weight is 309 g/mol. The molecule has 0 fully saturated rings. The Hall–Kier alpha value is -1.52. The number of halogens is 1. The number of hydrogen-bond donors (Lipinski definition) is 1. The van der Waals surface area contributed by atoms with Crippen LogP contribution in [0.4, 0.5) is 5.69 Å². The second kappa shape index (κ2) is 7.31. The third kappa shape index (κ3) is 4.25. The van der Waals surface area contributed by atoms with Crippen molar-refractivity contribution in [2.45, 2.75) is 20.0 Å². The number of benzene rings is 1. The minimum absolute atomic E-state index is 0.174. The molecule has 1 aromatic carbocycles.